The molecule has 0 aliphatic carbocycles. The number of hydrogen-bond donors (Lipinski definition) is 0. The lowest BCUT2D eigenvalue weighted by Crippen LogP contribution is -2.09. The van der Waals surface area contributed by atoms with Gasteiger partial charge in [0.05, 0.1) is 0 Å². The second kappa shape index (κ2) is 13.4. The van der Waals surface area contributed by atoms with Crippen molar-refractivity contribution in [1.29, 1.82) is 0 Å². The molecule has 0 N–H and O–H groups in total. The standard InChI is InChI=1S/C52H35NO/c1-5-15-36(16-6-1)39-25-27-44(28-26-39)53(43-21-11-4-12-22-43)45-29-30-48-50(34-45)54-51-35-49(46-23-13-14-24-47(46)52(48)51)42-32-40(37-17-7-2-8-18-37)31-41(33-42)38-19-9-3-10-20-38/h1-35H. The van der Waals surface area contributed by atoms with Crippen molar-refractivity contribution in [3.63, 3.8) is 0 Å². The van der Waals surface area contributed by atoms with Gasteiger partial charge in [0, 0.05) is 33.9 Å². The molecule has 1 aromatic heterocycles. The lowest BCUT2D eigenvalue weighted by Gasteiger charge is -2.25. The molecule has 0 radical (unpaired) electrons. The predicted molar refractivity (Wildman–Crippen MR) is 228 cm³/mol. The van der Waals surface area contributed by atoms with Crippen molar-refractivity contribution in [2.75, 3.05) is 4.90 Å². The molecular weight excluding hydrogens is 655 g/mol. The van der Waals surface area contributed by atoms with E-state index in [0.29, 0.717) is 0 Å². The highest BCUT2D eigenvalue weighted by Crippen LogP contribution is 2.44. The summed E-state index contributed by atoms with van der Waals surface area (Å²) in [6.45, 7) is 0. The molecule has 0 aliphatic heterocycles. The first-order chi connectivity index (χ1) is 26.8. The summed E-state index contributed by atoms with van der Waals surface area (Å²) in [6.07, 6.45) is 0. The smallest absolute Gasteiger partial charge is 0.137 e. The molecule has 54 heavy (non-hydrogen) atoms. The number of rotatable bonds is 7. The van der Waals surface area contributed by atoms with Gasteiger partial charge >= 0.3 is 0 Å². The number of benzene rings is 9. The Balaban J connectivity index is 1.14. The number of fused-ring (bicyclic) bond motifs is 5. The monoisotopic (exact) mass is 689 g/mol. The second-order valence-corrected chi connectivity index (χ2v) is 13.7. The van der Waals surface area contributed by atoms with Gasteiger partial charge in [-0.25, -0.2) is 0 Å². The van der Waals surface area contributed by atoms with Gasteiger partial charge in [0.25, 0.3) is 0 Å². The lowest BCUT2D eigenvalue weighted by atomic mass is 9.90. The molecule has 0 saturated carbocycles. The number of anilines is 3. The third kappa shape index (κ3) is 5.71. The maximum absolute atomic E-state index is 6.87. The van der Waals surface area contributed by atoms with Crippen molar-refractivity contribution in [2.24, 2.45) is 0 Å². The van der Waals surface area contributed by atoms with Gasteiger partial charge in [0.15, 0.2) is 0 Å². The van der Waals surface area contributed by atoms with E-state index >= 15 is 0 Å². The summed E-state index contributed by atoms with van der Waals surface area (Å²) in [4.78, 5) is 2.30. The molecule has 2 nitrogen and oxygen atoms in total. The first-order valence-corrected chi connectivity index (χ1v) is 18.4. The van der Waals surface area contributed by atoms with Gasteiger partial charge < -0.3 is 9.32 Å². The molecule has 254 valence electrons. The third-order valence-electron chi connectivity index (χ3n) is 10.4. The fourth-order valence-corrected chi connectivity index (χ4v) is 7.84. The van der Waals surface area contributed by atoms with E-state index in [1.165, 1.54) is 44.2 Å². The molecule has 9 aromatic carbocycles. The van der Waals surface area contributed by atoms with E-state index in [1.807, 2.05) is 0 Å². The van der Waals surface area contributed by atoms with Crippen molar-refractivity contribution in [3.05, 3.63) is 212 Å². The van der Waals surface area contributed by atoms with E-state index in [-0.39, 0.29) is 0 Å². The summed E-state index contributed by atoms with van der Waals surface area (Å²) in [5, 5.41) is 4.62. The van der Waals surface area contributed by atoms with E-state index in [2.05, 4.69) is 217 Å². The van der Waals surface area contributed by atoms with Crippen LogP contribution >= 0.6 is 0 Å². The van der Waals surface area contributed by atoms with Crippen molar-refractivity contribution < 1.29 is 4.42 Å². The van der Waals surface area contributed by atoms with Crippen LogP contribution in [-0.4, -0.2) is 0 Å². The van der Waals surface area contributed by atoms with Crippen molar-refractivity contribution >= 4 is 49.8 Å². The zero-order chi connectivity index (χ0) is 35.8. The summed E-state index contributed by atoms with van der Waals surface area (Å²) in [6, 6.07) is 75.7. The molecule has 2 heteroatoms. The molecule has 0 spiro atoms. The highest BCUT2D eigenvalue weighted by molar-refractivity contribution is 6.22. The summed E-state index contributed by atoms with van der Waals surface area (Å²) >= 11 is 0. The van der Waals surface area contributed by atoms with Crippen LogP contribution in [-0.2, 0) is 0 Å². The van der Waals surface area contributed by atoms with E-state index in [4.69, 9.17) is 4.42 Å². The van der Waals surface area contributed by atoms with E-state index in [1.54, 1.807) is 0 Å². The molecule has 0 saturated heterocycles. The zero-order valence-electron chi connectivity index (χ0n) is 29.6. The Bertz CT molecular complexity index is 2840. The van der Waals surface area contributed by atoms with Crippen LogP contribution in [0.4, 0.5) is 17.1 Å². The molecule has 0 aliphatic rings. The molecule has 0 amide bonds. The maximum atomic E-state index is 6.87. The van der Waals surface area contributed by atoms with Crippen molar-refractivity contribution in [2.45, 2.75) is 0 Å². The van der Waals surface area contributed by atoms with Crippen LogP contribution < -0.4 is 4.90 Å². The SMILES string of the molecule is c1ccc(-c2ccc(N(c3ccccc3)c3ccc4c(c3)oc3cc(-c5cc(-c6ccccc6)cc(-c6ccccc6)c5)c5ccccc5c34)cc2)cc1. The third-order valence-corrected chi connectivity index (χ3v) is 10.4. The van der Waals surface area contributed by atoms with Crippen molar-refractivity contribution in [1.82, 2.24) is 0 Å². The topological polar surface area (TPSA) is 16.4 Å². The predicted octanol–water partition coefficient (Wildman–Crippen LogP) is 14.9. The van der Waals surface area contributed by atoms with Gasteiger partial charge in [-0.1, -0.05) is 146 Å². The Labute approximate surface area is 314 Å². The normalized spacial score (nSPS) is 11.3. The van der Waals surface area contributed by atoms with Crippen LogP contribution in [0.25, 0.3) is 77.2 Å². The quantitative estimate of drug-likeness (QED) is 0.166. The Morgan fingerprint density at radius 2 is 0.741 bits per heavy atom. The molecule has 0 atom stereocenters. The largest absolute Gasteiger partial charge is 0.456 e. The number of para-hydroxylation sites is 1. The van der Waals surface area contributed by atoms with Crippen LogP contribution in [0, 0.1) is 0 Å². The highest BCUT2D eigenvalue weighted by Gasteiger charge is 2.19. The first-order valence-electron chi connectivity index (χ1n) is 18.4. The summed E-state index contributed by atoms with van der Waals surface area (Å²) in [5.74, 6) is 0. The summed E-state index contributed by atoms with van der Waals surface area (Å²) < 4.78 is 6.87. The van der Waals surface area contributed by atoms with Gasteiger partial charge in [-0.3, -0.25) is 0 Å². The van der Waals surface area contributed by atoms with Gasteiger partial charge in [-0.15, -0.1) is 0 Å². The lowest BCUT2D eigenvalue weighted by molar-refractivity contribution is 0.669. The van der Waals surface area contributed by atoms with Crippen LogP contribution in [0.2, 0.25) is 0 Å². The Morgan fingerprint density at radius 3 is 1.35 bits per heavy atom. The van der Waals surface area contributed by atoms with E-state index < -0.39 is 0 Å². The maximum Gasteiger partial charge on any atom is 0.137 e. The van der Waals surface area contributed by atoms with Gasteiger partial charge in [0.1, 0.15) is 11.2 Å². The minimum absolute atomic E-state index is 0.856. The molecule has 10 rings (SSSR count). The second-order valence-electron chi connectivity index (χ2n) is 13.7. The highest BCUT2D eigenvalue weighted by atomic mass is 16.3. The Kier molecular flexibility index (Phi) is 7.85. The summed E-state index contributed by atoms with van der Waals surface area (Å²) in [7, 11) is 0. The average molecular weight is 690 g/mol. The molecular formula is C52H35NO. The molecule has 0 fully saturated rings. The number of nitrogens with zero attached hydrogens (tertiary/aromatic N) is 1. The van der Waals surface area contributed by atoms with E-state index in [0.717, 1.165) is 50.1 Å². The minimum Gasteiger partial charge on any atom is -0.456 e. The van der Waals surface area contributed by atoms with Crippen LogP contribution in [0.5, 0.6) is 0 Å². The van der Waals surface area contributed by atoms with Gasteiger partial charge in [0.2, 0.25) is 0 Å². The van der Waals surface area contributed by atoms with Crippen LogP contribution in [0.3, 0.4) is 0 Å². The molecule has 0 unspecified atom stereocenters. The van der Waals surface area contributed by atoms with Crippen LogP contribution in [0.1, 0.15) is 0 Å². The number of hydrogen-bond acceptors (Lipinski definition) is 2. The molecule has 10 aromatic rings. The summed E-state index contributed by atoms with van der Waals surface area (Å²) in [5.41, 5.74) is 14.4. The van der Waals surface area contributed by atoms with E-state index in [9.17, 15) is 0 Å². The molecule has 1 heterocycles. The Morgan fingerprint density at radius 1 is 0.278 bits per heavy atom. The first kappa shape index (κ1) is 31.6. The fourth-order valence-electron chi connectivity index (χ4n) is 7.84. The van der Waals surface area contributed by atoms with Crippen LogP contribution in [0.15, 0.2) is 217 Å². The minimum atomic E-state index is 0.856. The average Bonchev–Trinajstić information content (AvgIpc) is 3.63. The van der Waals surface area contributed by atoms with Gasteiger partial charge in [-0.2, -0.15) is 0 Å². The molecule has 0 bridgehead atoms. The van der Waals surface area contributed by atoms with Gasteiger partial charge in [-0.05, 0) is 116 Å². The number of furan rings is 1. The fraction of sp³-hybridized carbons (Fsp3) is 0. The van der Waals surface area contributed by atoms with Crippen molar-refractivity contribution in [3.8, 4) is 44.5 Å². The Hall–Kier alpha value is -7.16. The zero-order valence-corrected chi connectivity index (χ0v) is 29.6.